The minimum atomic E-state index is -3.81. The number of benzene rings is 5. The van der Waals surface area contributed by atoms with Gasteiger partial charge in [0.15, 0.2) is 0 Å². The molecule has 0 bridgehead atoms. The van der Waals surface area contributed by atoms with E-state index >= 15 is 0 Å². The molecule has 0 aliphatic rings. The zero-order valence-electron chi connectivity index (χ0n) is 20.2. The third kappa shape index (κ3) is 4.27. The number of carbonyl (C=O) groups excluding carboxylic acids is 2. The average molecular weight is 612 g/mol. The molecule has 0 unspecified atom stereocenters. The normalized spacial score (nSPS) is 12.4. The van der Waals surface area contributed by atoms with Gasteiger partial charge in [0.25, 0.3) is 0 Å². The molecule has 0 fully saturated rings. The summed E-state index contributed by atoms with van der Waals surface area (Å²) >= 11 is 2.54. The average Bonchev–Trinajstić information content (AvgIpc) is 2.99. The van der Waals surface area contributed by atoms with Gasteiger partial charge in [-0.25, -0.2) is 0 Å². The molecule has 0 aliphatic heterocycles. The van der Waals surface area contributed by atoms with Crippen molar-refractivity contribution in [2.24, 2.45) is 0 Å². The second-order valence-electron chi connectivity index (χ2n) is 8.94. The molecule has 182 valence electrons. The second-order valence-corrected chi connectivity index (χ2v) is 19.2. The fourth-order valence-electron chi connectivity index (χ4n) is 5.13. The van der Waals surface area contributed by atoms with Crippen LogP contribution in [0.3, 0.4) is 0 Å². The van der Waals surface area contributed by atoms with Gasteiger partial charge in [0.1, 0.15) is 0 Å². The monoisotopic (exact) mass is 612 g/mol. The summed E-state index contributed by atoms with van der Waals surface area (Å²) in [5.41, 5.74) is 0.0964. The van der Waals surface area contributed by atoms with Crippen LogP contribution in [-0.2, 0) is 0 Å². The molecule has 0 saturated carbocycles. The summed E-state index contributed by atoms with van der Waals surface area (Å²) in [6.07, 6.45) is 0. The fraction of sp³-hybridized carbons (Fsp3) is 0.0303. The third-order valence-electron chi connectivity index (χ3n) is 6.88. The summed E-state index contributed by atoms with van der Waals surface area (Å²) in [4.78, 5) is 29.5. The van der Waals surface area contributed by atoms with E-state index in [9.17, 15) is 9.59 Å². The summed E-state index contributed by atoms with van der Waals surface area (Å²) in [6, 6.07) is 48.8. The van der Waals surface area contributed by atoms with E-state index in [1.165, 1.54) is 0 Å². The van der Waals surface area contributed by atoms with E-state index in [0.29, 0.717) is 11.1 Å². The van der Waals surface area contributed by atoms with Crippen LogP contribution < -0.4 is 15.9 Å². The van der Waals surface area contributed by atoms with Crippen LogP contribution in [0, 0.1) is 0 Å². The van der Waals surface area contributed by atoms with Crippen LogP contribution in [-0.4, -0.2) is 17.2 Å². The third-order valence-corrected chi connectivity index (χ3v) is 18.9. The second kappa shape index (κ2) is 10.5. The van der Waals surface area contributed by atoms with E-state index in [1.807, 2.05) is 115 Å². The molecule has 5 rings (SSSR count). The van der Waals surface area contributed by atoms with E-state index in [1.54, 1.807) is 0 Å². The first-order valence-corrected chi connectivity index (χ1v) is 17.2. The molecule has 0 aromatic heterocycles. The zero-order valence-corrected chi connectivity index (χ0v) is 23.2. The van der Waals surface area contributed by atoms with Crippen LogP contribution in [0.15, 0.2) is 152 Å². The molecule has 0 N–H and O–H groups in total. The summed E-state index contributed by atoms with van der Waals surface area (Å²) < 4.78 is -3.81. The Morgan fingerprint density at radius 3 is 0.946 bits per heavy atom. The number of carbonyl (C=O) groups is 2. The van der Waals surface area contributed by atoms with Gasteiger partial charge in [-0.1, -0.05) is 0 Å². The van der Waals surface area contributed by atoms with Crippen molar-refractivity contribution >= 4 is 53.8 Å². The summed E-state index contributed by atoms with van der Waals surface area (Å²) in [5, 5.41) is 2.97. The Balaban J connectivity index is 1.96. The van der Waals surface area contributed by atoms with E-state index in [-0.39, 0.29) is 11.6 Å². The Kier molecular flexibility index (Phi) is 7.19. The summed E-state index contributed by atoms with van der Waals surface area (Å²) in [7, 11) is 0. The summed E-state index contributed by atoms with van der Waals surface area (Å²) in [6.45, 7) is 0. The molecule has 0 amide bonds. The predicted octanol–water partition coefficient (Wildman–Crippen LogP) is 7.00. The van der Waals surface area contributed by atoms with Crippen LogP contribution in [0.4, 0.5) is 0 Å². The molecule has 0 heterocycles. The quantitative estimate of drug-likeness (QED) is 0.0819. The van der Waals surface area contributed by atoms with Crippen LogP contribution >= 0.6 is 26.3 Å². The van der Waals surface area contributed by atoms with E-state index in [2.05, 4.69) is 58.4 Å². The van der Waals surface area contributed by atoms with Gasteiger partial charge in [0.05, 0.1) is 0 Å². The Morgan fingerprint density at radius 1 is 0.432 bits per heavy atom. The maximum atomic E-state index is 14.7. The van der Waals surface area contributed by atoms with Crippen molar-refractivity contribution in [3.8, 4) is 0 Å². The minimum absolute atomic E-state index is 0.168. The van der Waals surface area contributed by atoms with Crippen molar-refractivity contribution in [1.82, 2.24) is 0 Å². The molecule has 0 spiro atoms. The van der Waals surface area contributed by atoms with Gasteiger partial charge in [-0.05, 0) is 0 Å². The number of hydrogen-bond acceptors (Lipinski definition) is 2. The van der Waals surface area contributed by atoms with Gasteiger partial charge in [-0.3, -0.25) is 0 Å². The Labute approximate surface area is 230 Å². The van der Waals surface area contributed by atoms with Crippen LogP contribution in [0.1, 0.15) is 20.7 Å². The van der Waals surface area contributed by atoms with Gasteiger partial charge in [-0.2, -0.15) is 0 Å². The van der Waals surface area contributed by atoms with Crippen molar-refractivity contribution in [3.63, 3.8) is 0 Å². The summed E-state index contributed by atoms with van der Waals surface area (Å²) in [5.74, 6) is -0.337. The first kappa shape index (κ1) is 25.3. The number of halogens is 1. The van der Waals surface area contributed by atoms with Crippen LogP contribution in [0.2, 0.25) is 0 Å². The van der Waals surface area contributed by atoms with Crippen LogP contribution in [0.25, 0.3) is 0 Å². The van der Waals surface area contributed by atoms with Gasteiger partial charge in [0, 0.05) is 0 Å². The van der Waals surface area contributed by atoms with E-state index in [4.69, 9.17) is 0 Å². The predicted molar refractivity (Wildman–Crippen MR) is 165 cm³/mol. The molecule has 5 aromatic carbocycles. The maximum absolute atomic E-state index is 14.7. The Bertz CT molecular complexity index is 1360. The van der Waals surface area contributed by atoms with Gasteiger partial charge in [0.2, 0.25) is 0 Å². The van der Waals surface area contributed by atoms with Crippen molar-refractivity contribution in [2.75, 3.05) is 0 Å². The molecule has 0 radical (unpaired) electrons. The van der Waals surface area contributed by atoms with Crippen molar-refractivity contribution < 1.29 is 9.59 Å². The molecular formula is C33H26IO2P. The van der Waals surface area contributed by atoms with Gasteiger partial charge < -0.3 is 0 Å². The van der Waals surface area contributed by atoms with Gasteiger partial charge in [-0.15, -0.1) is 0 Å². The van der Waals surface area contributed by atoms with E-state index < -0.39 is 9.90 Å². The molecule has 37 heavy (non-hydrogen) atoms. The molecule has 2 nitrogen and oxygen atoms in total. The Morgan fingerprint density at radius 2 is 0.676 bits per heavy atom. The molecule has 5 aromatic rings. The number of hydrogen-bond donors (Lipinski definition) is 0. The number of Topliss-reactive ketones (excluding diaryl/α,β-unsaturated/α-hetero) is 2. The molecule has 0 atom stereocenters. The first-order chi connectivity index (χ1) is 18.1. The van der Waals surface area contributed by atoms with Crippen molar-refractivity contribution in [2.45, 2.75) is 5.66 Å². The molecule has 0 saturated heterocycles. The SMILES string of the molecule is O=C(c1ccccc1)C(C(=O)c1ccccc1)P(I)(c1ccccc1)(c1ccccc1)c1ccccc1. The van der Waals surface area contributed by atoms with E-state index in [0.717, 1.165) is 15.9 Å². The van der Waals surface area contributed by atoms with Crippen LogP contribution in [0.5, 0.6) is 0 Å². The van der Waals surface area contributed by atoms with Crippen molar-refractivity contribution in [1.29, 1.82) is 0 Å². The molecular weight excluding hydrogens is 586 g/mol. The van der Waals surface area contributed by atoms with Gasteiger partial charge >= 0.3 is 232 Å². The first-order valence-electron chi connectivity index (χ1n) is 12.1. The molecule has 4 heteroatoms. The standard InChI is InChI=1S/C33H26IO2P/c34-37(28-20-10-3-11-21-28,29-22-12-4-13-23-29,30-24-14-5-15-25-30)33(31(35)26-16-6-1-7-17-26)32(36)27-18-8-2-9-19-27/h1-25,33H. The number of ketones is 2. The zero-order chi connectivity index (χ0) is 25.7. The Hall–Kier alpha value is -3.40. The topological polar surface area (TPSA) is 34.1 Å². The van der Waals surface area contributed by atoms with Crippen molar-refractivity contribution in [3.05, 3.63) is 163 Å². The molecule has 0 aliphatic carbocycles. The fourth-order valence-corrected chi connectivity index (χ4v) is 14.8. The number of rotatable bonds is 8.